The van der Waals surface area contributed by atoms with Gasteiger partial charge in [0.1, 0.15) is 5.69 Å². The van der Waals surface area contributed by atoms with E-state index in [4.69, 9.17) is 0 Å². The van der Waals surface area contributed by atoms with Gasteiger partial charge in [-0.25, -0.2) is 9.97 Å². The van der Waals surface area contributed by atoms with Crippen LogP contribution in [0.4, 0.5) is 17.3 Å². The molecule has 126 valence electrons. The Hall–Kier alpha value is -3.21. The van der Waals surface area contributed by atoms with Crippen molar-refractivity contribution in [2.45, 2.75) is 20.3 Å². The largest absolute Gasteiger partial charge is 0.324 e. The molecule has 0 aliphatic rings. The van der Waals surface area contributed by atoms with Gasteiger partial charge >= 0.3 is 0 Å². The molecule has 1 aromatic heterocycles. The summed E-state index contributed by atoms with van der Waals surface area (Å²) >= 11 is 0. The van der Waals surface area contributed by atoms with Crippen molar-refractivity contribution in [1.29, 1.82) is 0 Å². The molecule has 0 atom stereocenters. The molecular weight excluding hydrogens is 312 g/mol. The number of nitrogens with one attached hydrogen (secondary N) is 2. The predicted octanol–water partition coefficient (Wildman–Crippen LogP) is 4.34. The zero-order chi connectivity index (χ0) is 17.6. The van der Waals surface area contributed by atoms with Gasteiger partial charge in [-0.2, -0.15) is 0 Å². The molecule has 5 heteroatoms. The van der Waals surface area contributed by atoms with Crippen molar-refractivity contribution >= 4 is 23.2 Å². The first-order valence-electron chi connectivity index (χ1n) is 8.22. The van der Waals surface area contributed by atoms with E-state index in [0.717, 1.165) is 23.5 Å². The quantitative estimate of drug-likeness (QED) is 0.729. The molecule has 0 radical (unpaired) electrons. The molecule has 2 aromatic carbocycles. The van der Waals surface area contributed by atoms with Gasteiger partial charge in [0.2, 0.25) is 5.95 Å². The van der Waals surface area contributed by atoms with Crippen LogP contribution in [0, 0.1) is 6.92 Å². The van der Waals surface area contributed by atoms with Crippen molar-refractivity contribution in [2.75, 3.05) is 10.6 Å². The lowest BCUT2D eigenvalue weighted by Crippen LogP contribution is -2.15. The van der Waals surface area contributed by atoms with Gasteiger partial charge in [0.15, 0.2) is 0 Å². The number of hydrogen-bond acceptors (Lipinski definition) is 4. The summed E-state index contributed by atoms with van der Waals surface area (Å²) in [6.45, 7) is 3.95. The van der Waals surface area contributed by atoms with Gasteiger partial charge in [0, 0.05) is 17.1 Å². The van der Waals surface area contributed by atoms with Crippen LogP contribution < -0.4 is 10.6 Å². The van der Waals surface area contributed by atoms with Crippen LogP contribution in [0.3, 0.4) is 0 Å². The molecule has 0 saturated carbocycles. The van der Waals surface area contributed by atoms with Crippen LogP contribution in [0.5, 0.6) is 0 Å². The van der Waals surface area contributed by atoms with Crippen molar-refractivity contribution < 1.29 is 4.79 Å². The maximum Gasteiger partial charge on any atom is 0.274 e. The van der Waals surface area contributed by atoms with Gasteiger partial charge in [0.05, 0.1) is 0 Å². The minimum atomic E-state index is -0.263. The zero-order valence-corrected chi connectivity index (χ0v) is 14.3. The van der Waals surface area contributed by atoms with Crippen LogP contribution in [0.25, 0.3) is 0 Å². The van der Waals surface area contributed by atoms with E-state index < -0.39 is 0 Å². The van der Waals surface area contributed by atoms with Gasteiger partial charge in [-0.05, 0) is 49.2 Å². The maximum atomic E-state index is 12.4. The number of benzene rings is 2. The van der Waals surface area contributed by atoms with E-state index in [1.807, 2.05) is 49.4 Å². The third-order valence-corrected chi connectivity index (χ3v) is 3.74. The molecule has 0 bridgehead atoms. The summed E-state index contributed by atoms with van der Waals surface area (Å²) < 4.78 is 0. The number of carbonyl (C=O) groups excluding carboxylic acids is 1. The third kappa shape index (κ3) is 4.41. The molecule has 0 spiro atoms. The lowest BCUT2D eigenvalue weighted by molar-refractivity contribution is 0.102. The van der Waals surface area contributed by atoms with Gasteiger partial charge in [-0.15, -0.1) is 0 Å². The van der Waals surface area contributed by atoms with E-state index in [1.165, 1.54) is 5.56 Å². The number of rotatable bonds is 5. The van der Waals surface area contributed by atoms with Crippen LogP contribution in [-0.4, -0.2) is 15.9 Å². The summed E-state index contributed by atoms with van der Waals surface area (Å²) in [5, 5.41) is 5.99. The molecule has 0 aliphatic heterocycles. The SMILES string of the molecule is CCc1ccc(Nc2nc(C)cc(C(=O)Nc3ccccc3)n2)cc1. The molecule has 0 fully saturated rings. The van der Waals surface area contributed by atoms with E-state index >= 15 is 0 Å². The Morgan fingerprint density at radius 2 is 1.68 bits per heavy atom. The van der Waals surface area contributed by atoms with Gasteiger partial charge in [0.25, 0.3) is 5.91 Å². The van der Waals surface area contributed by atoms with Crippen LogP contribution in [0.2, 0.25) is 0 Å². The second-order valence-electron chi connectivity index (χ2n) is 5.71. The highest BCUT2D eigenvalue weighted by atomic mass is 16.1. The van der Waals surface area contributed by atoms with E-state index in [-0.39, 0.29) is 5.91 Å². The first-order valence-corrected chi connectivity index (χ1v) is 8.22. The van der Waals surface area contributed by atoms with Crippen molar-refractivity contribution in [3.63, 3.8) is 0 Å². The molecule has 5 nitrogen and oxygen atoms in total. The molecular formula is C20H20N4O. The lowest BCUT2D eigenvalue weighted by atomic mass is 10.1. The summed E-state index contributed by atoms with van der Waals surface area (Å²) in [6.07, 6.45) is 0.991. The standard InChI is InChI=1S/C20H20N4O/c1-3-15-9-11-17(12-10-15)23-20-21-14(2)13-18(24-20)19(25)22-16-7-5-4-6-8-16/h4-13H,3H2,1-2H3,(H,22,25)(H,21,23,24). The smallest absolute Gasteiger partial charge is 0.274 e. The molecule has 1 amide bonds. The number of anilines is 3. The highest BCUT2D eigenvalue weighted by molar-refractivity contribution is 6.03. The maximum absolute atomic E-state index is 12.4. The minimum absolute atomic E-state index is 0.263. The Kier molecular flexibility index (Phi) is 5.04. The van der Waals surface area contributed by atoms with Crippen LogP contribution in [0.1, 0.15) is 28.7 Å². The highest BCUT2D eigenvalue weighted by Gasteiger charge is 2.11. The fraction of sp³-hybridized carbons (Fsp3) is 0.150. The Morgan fingerprint density at radius 1 is 0.960 bits per heavy atom. The normalized spacial score (nSPS) is 10.3. The average molecular weight is 332 g/mol. The molecule has 2 N–H and O–H groups in total. The Labute approximate surface area is 147 Å². The number of carbonyl (C=O) groups is 1. The summed E-state index contributed by atoms with van der Waals surface area (Å²) in [6, 6.07) is 19.0. The zero-order valence-electron chi connectivity index (χ0n) is 14.3. The molecule has 25 heavy (non-hydrogen) atoms. The van der Waals surface area contributed by atoms with Crippen molar-refractivity contribution in [3.05, 3.63) is 77.6 Å². The number of aryl methyl sites for hydroxylation is 2. The summed E-state index contributed by atoms with van der Waals surface area (Å²) in [5.41, 5.74) is 3.93. The highest BCUT2D eigenvalue weighted by Crippen LogP contribution is 2.16. The number of amides is 1. The second-order valence-corrected chi connectivity index (χ2v) is 5.71. The molecule has 3 rings (SSSR count). The second kappa shape index (κ2) is 7.57. The first kappa shape index (κ1) is 16.6. The third-order valence-electron chi connectivity index (χ3n) is 3.74. The predicted molar refractivity (Wildman–Crippen MR) is 100 cm³/mol. The van der Waals surface area contributed by atoms with E-state index in [2.05, 4.69) is 39.7 Å². The minimum Gasteiger partial charge on any atom is -0.324 e. The van der Waals surface area contributed by atoms with E-state index in [0.29, 0.717) is 11.6 Å². The van der Waals surface area contributed by atoms with Crippen molar-refractivity contribution in [2.24, 2.45) is 0 Å². The van der Waals surface area contributed by atoms with Crippen LogP contribution >= 0.6 is 0 Å². The fourth-order valence-electron chi connectivity index (χ4n) is 2.41. The number of aromatic nitrogens is 2. The van der Waals surface area contributed by atoms with Gasteiger partial charge in [-0.1, -0.05) is 37.3 Å². The summed E-state index contributed by atoms with van der Waals surface area (Å²) in [7, 11) is 0. The van der Waals surface area contributed by atoms with Gasteiger partial charge in [-0.3, -0.25) is 4.79 Å². The number of para-hydroxylation sites is 1. The molecule has 1 heterocycles. The molecule has 0 unspecified atom stereocenters. The average Bonchev–Trinajstić information content (AvgIpc) is 2.63. The summed E-state index contributed by atoms with van der Waals surface area (Å²) in [5.74, 6) is 0.142. The topological polar surface area (TPSA) is 66.9 Å². The molecule has 3 aromatic rings. The Balaban J connectivity index is 1.78. The van der Waals surface area contributed by atoms with Crippen LogP contribution in [-0.2, 0) is 6.42 Å². The van der Waals surface area contributed by atoms with Crippen molar-refractivity contribution in [3.8, 4) is 0 Å². The monoisotopic (exact) mass is 332 g/mol. The van der Waals surface area contributed by atoms with Crippen molar-refractivity contribution in [1.82, 2.24) is 9.97 Å². The lowest BCUT2D eigenvalue weighted by Gasteiger charge is -2.09. The summed E-state index contributed by atoms with van der Waals surface area (Å²) in [4.78, 5) is 21.1. The molecule has 0 saturated heterocycles. The fourth-order valence-corrected chi connectivity index (χ4v) is 2.41. The van der Waals surface area contributed by atoms with Crippen LogP contribution in [0.15, 0.2) is 60.7 Å². The van der Waals surface area contributed by atoms with Gasteiger partial charge < -0.3 is 10.6 Å². The number of hydrogen-bond donors (Lipinski definition) is 2. The van der Waals surface area contributed by atoms with E-state index in [9.17, 15) is 4.79 Å². The Bertz CT molecular complexity index is 861. The molecule has 0 aliphatic carbocycles. The van der Waals surface area contributed by atoms with E-state index in [1.54, 1.807) is 6.07 Å². The first-order chi connectivity index (χ1) is 12.1. The Morgan fingerprint density at radius 3 is 2.36 bits per heavy atom. The number of nitrogens with zero attached hydrogens (tertiary/aromatic N) is 2.